The number of hydrogen-bond acceptors (Lipinski definition) is 5. The normalized spacial score (nSPS) is 17.3. The highest BCUT2D eigenvalue weighted by Gasteiger charge is 2.34. The number of benzene rings is 1. The van der Waals surface area contributed by atoms with Crippen LogP contribution in [-0.2, 0) is 16.6 Å². The quantitative estimate of drug-likeness (QED) is 0.813. The molecule has 0 saturated carbocycles. The second-order valence-corrected chi connectivity index (χ2v) is 8.33. The van der Waals surface area contributed by atoms with Crippen LogP contribution in [0.2, 0.25) is 0 Å². The smallest absolute Gasteiger partial charge is 0.263 e. The first-order chi connectivity index (χ1) is 12.9. The van der Waals surface area contributed by atoms with Crippen LogP contribution in [0.15, 0.2) is 22.7 Å². The summed E-state index contributed by atoms with van der Waals surface area (Å²) in [4.78, 5) is 17.6. The lowest BCUT2D eigenvalue weighted by atomic mass is 9.88. The van der Waals surface area contributed by atoms with Crippen LogP contribution < -0.4 is 9.80 Å². The summed E-state index contributed by atoms with van der Waals surface area (Å²) in [6.45, 7) is 12.0. The monoisotopic (exact) mass is 369 g/mol. The summed E-state index contributed by atoms with van der Waals surface area (Å²) in [5.41, 5.74) is 4.51. The van der Waals surface area contributed by atoms with Gasteiger partial charge in [0, 0.05) is 36.4 Å². The third-order valence-electron chi connectivity index (χ3n) is 5.37. The van der Waals surface area contributed by atoms with E-state index in [4.69, 9.17) is 9.26 Å². The molecule has 2 aliphatic rings. The van der Waals surface area contributed by atoms with E-state index in [1.165, 1.54) is 11.3 Å². The highest BCUT2D eigenvalue weighted by molar-refractivity contribution is 6.08. The van der Waals surface area contributed by atoms with Crippen molar-refractivity contribution in [2.24, 2.45) is 0 Å². The minimum absolute atomic E-state index is 0.0171. The van der Waals surface area contributed by atoms with Crippen molar-refractivity contribution >= 4 is 17.3 Å². The molecule has 6 heteroatoms. The summed E-state index contributed by atoms with van der Waals surface area (Å²) in [6.07, 6.45) is 0.869. The van der Waals surface area contributed by atoms with Crippen molar-refractivity contribution in [1.82, 2.24) is 5.16 Å². The average Bonchev–Trinajstić information content (AvgIpc) is 3.24. The molecule has 0 unspecified atom stereocenters. The van der Waals surface area contributed by atoms with Gasteiger partial charge in [-0.2, -0.15) is 0 Å². The molecular weight excluding hydrogens is 342 g/mol. The predicted molar refractivity (Wildman–Crippen MR) is 105 cm³/mol. The minimum atomic E-state index is -0.245. The Labute approximate surface area is 160 Å². The maximum atomic E-state index is 13.3. The van der Waals surface area contributed by atoms with E-state index < -0.39 is 0 Å². The van der Waals surface area contributed by atoms with E-state index in [-0.39, 0.29) is 11.3 Å². The minimum Gasteiger partial charge on any atom is -0.378 e. The van der Waals surface area contributed by atoms with E-state index in [0.29, 0.717) is 17.9 Å². The molecule has 1 aromatic heterocycles. The molecule has 6 nitrogen and oxygen atoms in total. The van der Waals surface area contributed by atoms with Gasteiger partial charge in [-0.15, -0.1) is 0 Å². The lowest BCUT2D eigenvalue weighted by Crippen LogP contribution is -2.36. The standard InChI is InChI=1S/C21H27N3O3/c1-14-18(19(22-27-14)21(2,3)4)20(25)24-8-7-15-13-16(5-6-17(15)24)23-9-11-26-12-10-23/h5-6,13H,7-12H2,1-4H3. The van der Waals surface area contributed by atoms with Gasteiger partial charge >= 0.3 is 0 Å². The van der Waals surface area contributed by atoms with Crippen LogP contribution in [0.5, 0.6) is 0 Å². The van der Waals surface area contributed by atoms with Crippen molar-refractivity contribution < 1.29 is 14.1 Å². The lowest BCUT2D eigenvalue weighted by molar-refractivity contribution is 0.0986. The van der Waals surface area contributed by atoms with Gasteiger partial charge in [-0.25, -0.2) is 0 Å². The van der Waals surface area contributed by atoms with Crippen LogP contribution in [0.3, 0.4) is 0 Å². The Morgan fingerprint density at radius 1 is 1.15 bits per heavy atom. The molecule has 144 valence electrons. The maximum absolute atomic E-state index is 13.3. The first kappa shape index (κ1) is 18.0. The second-order valence-electron chi connectivity index (χ2n) is 8.33. The number of morpholine rings is 1. The summed E-state index contributed by atoms with van der Waals surface area (Å²) in [5, 5.41) is 4.17. The van der Waals surface area contributed by atoms with Crippen LogP contribution in [0.25, 0.3) is 0 Å². The van der Waals surface area contributed by atoms with Crippen LogP contribution >= 0.6 is 0 Å². The Kier molecular flexibility index (Phi) is 4.46. The highest BCUT2D eigenvalue weighted by atomic mass is 16.5. The Bertz CT molecular complexity index is 860. The van der Waals surface area contributed by atoms with Crippen molar-refractivity contribution in [3.05, 3.63) is 40.8 Å². The average molecular weight is 369 g/mol. The van der Waals surface area contributed by atoms with Crippen molar-refractivity contribution in [2.75, 3.05) is 42.6 Å². The number of aryl methyl sites for hydroxylation is 1. The van der Waals surface area contributed by atoms with E-state index >= 15 is 0 Å². The van der Waals surface area contributed by atoms with Gasteiger partial charge in [-0.3, -0.25) is 4.79 Å². The van der Waals surface area contributed by atoms with Gasteiger partial charge in [-0.1, -0.05) is 25.9 Å². The summed E-state index contributed by atoms with van der Waals surface area (Å²) < 4.78 is 10.8. The number of hydrogen-bond donors (Lipinski definition) is 0. The zero-order chi connectivity index (χ0) is 19.2. The van der Waals surface area contributed by atoms with E-state index in [9.17, 15) is 4.79 Å². The first-order valence-corrected chi connectivity index (χ1v) is 9.60. The fourth-order valence-electron chi connectivity index (χ4n) is 3.89. The third kappa shape index (κ3) is 3.23. The van der Waals surface area contributed by atoms with Gasteiger partial charge < -0.3 is 19.1 Å². The zero-order valence-electron chi connectivity index (χ0n) is 16.5. The van der Waals surface area contributed by atoms with Gasteiger partial charge in [-0.05, 0) is 37.1 Å². The van der Waals surface area contributed by atoms with Gasteiger partial charge in [0.05, 0.1) is 13.2 Å². The lowest BCUT2D eigenvalue weighted by Gasteiger charge is -2.29. The fraction of sp³-hybridized carbons (Fsp3) is 0.524. The Balaban J connectivity index is 1.63. The number of amides is 1. The number of carbonyl (C=O) groups excluding carboxylic acids is 1. The number of nitrogens with zero attached hydrogens (tertiary/aromatic N) is 3. The molecule has 2 aliphatic heterocycles. The second kappa shape index (κ2) is 6.68. The number of carbonyl (C=O) groups is 1. The predicted octanol–water partition coefficient (Wildman–Crippen LogP) is 3.32. The molecule has 2 aromatic rings. The van der Waals surface area contributed by atoms with Crippen LogP contribution in [0, 0.1) is 6.92 Å². The van der Waals surface area contributed by atoms with E-state index in [2.05, 4.69) is 28.3 Å². The topological polar surface area (TPSA) is 58.8 Å². The Morgan fingerprint density at radius 2 is 1.89 bits per heavy atom. The van der Waals surface area contributed by atoms with Gasteiger partial charge in [0.2, 0.25) is 0 Å². The first-order valence-electron chi connectivity index (χ1n) is 9.60. The van der Waals surface area contributed by atoms with Crippen molar-refractivity contribution in [3.8, 4) is 0 Å². The summed E-state index contributed by atoms with van der Waals surface area (Å²) in [6, 6.07) is 6.41. The van der Waals surface area contributed by atoms with Gasteiger partial charge in [0.1, 0.15) is 17.0 Å². The van der Waals surface area contributed by atoms with Gasteiger partial charge in [0.25, 0.3) is 5.91 Å². The van der Waals surface area contributed by atoms with E-state index in [0.717, 1.165) is 44.1 Å². The molecule has 0 bridgehead atoms. The van der Waals surface area contributed by atoms with Crippen molar-refractivity contribution in [2.45, 2.75) is 39.5 Å². The molecule has 0 atom stereocenters. The molecule has 3 heterocycles. The van der Waals surface area contributed by atoms with E-state index in [1.54, 1.807) is 0 Å². The molecule has 1 amide bonds. The molecule has 1 saturated heterocycles. The largest absolute Gasteiger partial charge is 0.378 e. The van der Waals surface area contributed by atoms with Crippen LogP contribution in [0.1, 0.15) is 48.1 Å². The number of anilines is 2. The SMILES string of the molecule is Cc1onc(C(C)(C)C)c1C(=O)N1CCc2cc(N3CCOCC3)ccc21. The van der Waals surface area contributed by atoms with Crippen molar-refractivity contribution in [3.63, 3.8) is 0 Å². The number of aromatic nitrogens is 1. The summed E-state index contributed by atoms with van der Waals surface area (Å²) in [5.74, 6) is 0.569. The number of rotatable bonds is 2. The highest BCUT2D eigenvalue weighted by Crippen LogP contribution is 2.35. The molecule has 27 heavy (non-hydrogen) atoms. The summed E-state index contributed by atoms with van der Waals surface area (Å²) in [7, 11) is 0. The molecule has 1 aromatic carbocycles. The van der Waals surface area contributed by atoms with E-state index in [1.807, 2.05) is 32.6 Å². The van der Waals surface area contributed by atoms with Crippen LogP contribution in [0.4, 0.5) is 11.4 Å². The zero-order valence-corrected chi connectivity index (χ0v) is 16.5. The third-order valence-corrected chi connectivity index (χ3v) is 5.37. The molecule has 0 aliphatic carbocycles. The molecule has 0 radical (unpaired) electrons. The molecule has 4 rings (SSSR count). The van der Waals surface area contributed by atoms with Gasteiger partial charge in [0.15, 0.2) is 0 Å². The van der Waals surface area contributed by atoms with Crippen LogP contribution in [-0.4, -0.2) is 43.9 Å². The van der Waals surface area contributed by atoms with Crippen molar-refractivity contribution in [1.29, 1.82) is 0 Å². The molecule has 0 spiro atoms. The maximum Gasteiger partial charge on any atom is 0.263 e. The Morgan fingerprint density at radius 3 is 2.59 bits per heavy atom. The summed E-state index contributed by atoms with van der Waals surface area (Å²) >= 11 is 0. The fourth-order valence-corrected chi connectivity index (χ4v) is 3.89. The number of fused-ring (bicyclic) bond motifs is 1. The molecule has 1 fully saturated rings. The molecular formula is C21H27N3O3. The number of ether oxygens (including phenoxy) is 1. The molecule has 0 N–H and O–H groups in total. The Hall–Kier alpha value is -2.34.